The first-order valence-corrected chi connectivity index (χ1v) is 10.3. The predicted molar refractivity (Wildman–Crippen MR) is 114 cm³/mol. The van der Waals surface area contributed by atoms with Crippen LogP contribution < -0.4 is 10.1 Å². The summed E-state index contributed by atoms with van der Waals surface area (Å²) in [6.07, 6.45) is 1.61. The van der Waals surface area contributed by atoms with E-state index in [2.05, 4.69) is 15.5 Å². The molecule has 0 aliphatic rings. The number of methoxy groups -OCH3 is 1. The van der Waals surface area contributed by atoms with Gasteiger partial charge in [0.05, 0.1) is 18.9 Å². The van der Waals surface area contributed by atoms with E-state index < -0.39 is 0 Å². The molecule has 9 heteroatoms. The zero-order chi connectivity index (χ0) is 21.5. The predicted octanol–water partition coefficient (Wildman–Crippen LogP) is 2.93. The third-order valence-corrected chi connectivity index (χ3v) is 5.49. The summed E-state index contributed by atoms with van der Waals surface area (Å²) in [6, 6.07) is 13.8. The Balaban J connectivity index is 1.58. The van der Waals surface area contributed by atoms with Crippen LogP contribution in [0.1, 0.15) is 11.6 Å². The maximum atomic E-state index is 13.6. The first-order chi connectivity index (χ1) is 14.5. The molecule has 1 heterocycles. The van der Waals surface area contributed by atoms with Gasteiger partial charge >= 0.3 is 0 Å². The molecule has 0 bridgehead atoms. The smallest absolute Gasteiger partial charge is 0.230 e. The highest BCUT2D eigenvalue weighted by molar-refractivity contribution is 7.99. The van der Waals surface area contributed by atoms with Gasteiger partial charge in [0.2, 0.25) is 5.91 Å². The fraction of sp³-hybridized carbons (Fsp3) is 0.286. The lowest BCUT2D eigenvalue weighted by molar-refractivity contribution is -0.118. The summed E-state index contributed by atoms with van der Waals surface area (Å²) >= 11 is 1.30. The number of hydrogen-bond acceptors (Lipinski definition) is 6. The molecule has 0 spiro atoms. The summed E-state index contributed by atoms with van der Waals surface area (Å²) in [5.74, 6) is 0.527. The van der Waals surface area contributed by atoms with Crippen LogP contribution in [0, 0.1) is 5.82 Å². The minimum absolute atomic E-state index is 0.127. The number of aromatic nitrogens is 3. The van der Waals surface area contributed by atoms with Crippen molar-refractivity contribution >= 4 is 17.7 Å². The lowest BCUT2D eigenvalue weighted by Gasteiger charge is -2.25. The van der Waals surface area contributed by atoms with Crippen LogP contribution in [-0.4, -0.2) is 59.1 Å². The molecule has 1 N–H and O–H groups in total. The van der Waals surface area contributed by atoms with Crippen molar-refractivity contribution in [3.05, 3.63) is 66.2 Å². The van der Waals surface area contributed by atoms with Crippen LogP contribution in [0.4, 0.5) is 4.39 Å². The van der Waals surface area contributed by atoms with Crippen molar-refractivity contribution in [1.82, 2.24) is 25.0 Å². The zero-order valence-electron chi connectivity index (χ0n) is 17.1. The van der Waals surface area contributed by atoms with Crippen LogP contribution >= 0.6 is 11.8 Å². The van der Waals surface area contributed by atoms with E-state index in [1.807, 2.05) is 53.9 Å². The Bertz CT molecular complexity index is 978. The fourth-order valence-corrected chi connectivity index (χ4v) is 3.71. The summed E-state index contributed by atoms with van der Waals surface area (Å²) in [5.41, 5.74) is 1.69. The number of likely N-dealkylation sites (N-methyl/N-ethyl adjacent to an activating group) is 1. The molecule has 3 aromatic rings. The van der Waals surface area contributed by atoms with Crippen molar-refractivity contribution in [1.29, 1.82) is 0 Å². The van der Waals surface area contributed by atoms with E-state index in [0.29, 0.717) is 11.7 Å². The van der Waals surface area contributed by atoms with Crippen molar-refractivity contribution in [2.24, 2.45) is 0 Å². The normalized spacial score (nSPS) is 12.0. The van der Waals surface area contributed by atoms with Crippen LogP contribution in [0.15, 0.2) is 60.0 Å². The molecule has 7 nitrogen and oxygen atoms in total. The second-order valence-corrected chi connectivity index (χ2v) is 7.75. The Labute approximate surface area is 179 Å². The second-order valence-electron chi connectivity index (χ2n) is 6.81. The first kappa shape index (κ1) is 21.8. The Morgan fingerprint density at radius 2 is 2.03 bits per heavy atom. The van der Waals surface area contributed by atoms with Gasteiger partial charge in [0.1, 0.15) is 17.9 Å². The summed E-state index contributed by atoms with van der Waals surface area (Å²) in [4.78, 5) is 14.3. The largest absolute Gasteiger partial charge is 0.497 e. The lowest BCUT2D eigenvalue weighted by atomic mass is 10.1. The van der Waals surface area contributed by atoms with Gasteiger partial charge in [-0.2, -0.15) is 0 Å². The molecule has 1 amide bonds. The minimum Gasteiger partial charge on any atom is -0.497 e. The molecule has 0 radical (unpaired) electrons. The quantitative estimate of drug-likeness (QED) is 0.528. The minimum atomic E-state index is -0.292. The van der Waals surface area contributed by atoms with E-state index in [-0.39, 0.29) is 23.5 Å². The number of carbonyl (C=O) groups excluding carboxylic acids is 1. The molecule has 1 aromatic heterocycles. The summed E-state index contributed by atoms with van der Waals surface area (Å²) in [6.45, 7) is 0.376. The second kappa shape index (κ2) is 10.2. The molecular formula is C21H24FN5O2S. The van der Waals surface area contributed by atoms with Gasteiger partial charge < -0.3 is 15.0 Å². The molecular weight excluding hydrogens is 405 g/mol. The molecule has 30 heavy (non-hydrogen) atoms. The highest BCUT2D eigenvalue weighted by atomic mass is 32.2. The third-order valence-electron chi connectivity index (χ3n) is 4.55. The van der Waals surface area contributed by atoms with Crippen molar-refractivity contribution in [3.8, 4) is 11.4 Å². The Morgan fingerprint density at radius 3 is 2.70 bits per heavy atom. The van der Waals surface area contributed by atoms with Gasteiger partial charge in [-0.15, -0.1) is 10.2 Å². The SMILES string of the molecule is COc1ccc(-n2cnnc2SCC(=O)NCC(c2cccc(F)c2)N(C)C)cc1. The van der Waals surface area contributed by atoms with Crippen molar-refractivity contribution in [2.75, 3.05) is 33.5 Å². The van der Waals surface area contributed by atoms with Crippen LogP contribution in [0.25, 0.3) is 5.69 Å². The number of amides is 1. The van der Waals surface area contributed by atoms with Crippen LogP contribution in [0.5, 0.6) is 5.75 Å². The molecule has 0 aliphatic heterocycles. The fourth-order valence-electron chi connectivity index (χ4n) is 2.95. The number of carbonyl (C=O) groups is 1. The van der Waals surface area contributed by atoms with Crippen molar-refractivity contribution in [2.45, 2.75) is 11.2 Å². The Morgan fingerprint density at radius 1 is 1.27 bits per heavy atom. The lowest BCUT2D eigenvalue weighted by Crippen LogP contribution is -2.35. The number of benzene rings is 2. The maximum absolute atomic E-state index is 13.6. The van der Waals surface area contributed by atoms with Gasteiger partial charge in [0, 0.05) is 12.2 Å². The Kier molecular flexibility index (Phi) is 7.42. The maximum Gasteiger partial charge on any atom is 0.230 e. The number of nitrogens with one attached hydrogen (secondary N) is 1. The number of rotatable bonds is 9. The van der Waals surface area contributed by atoms with Crippen LogP contribution in [-0.2, 0) is 4.79 Å². The van der Waals surface area contributed by atoms with E-state index in [9.17, 15) is 9.18 Å². The zero-order valence-corrected chi connectivity index (χ0v) is 17.9. The van der Waals surface area contributed by atoms with E-state index in [1.54, 1.807) is 19.5 Å². The molecule has 2 aromatic carbocycles. The standard InChI is InChI=1S/C21H24FN5O2S/c1-26(2)19(15-5-4-6-16(22)11-15)12-23-20(28)13-30-21-25-24-14-27(21)17-7-9-18(29-3)10-8-17/h4-11,14,19H,12-13H2,1-3H3,(H,23,28). The number of ether oxygens (including phenoxy) is 1. The number of halogens is 1. The summed E-state index contributed by atoms with van der Waals surface area (Å²) < 4.78 is 20.5. The Hall–Kier alpha value is -2.91. The van der Waals surface area contributed by atoms with Crippen molar-refractivity contribution in [3.63, 3.8) is 0 Å². The number of nitrogens with zero attached hydrogens (tertiary/aromatic N) is 4. The summed E-state index contributed by atoms with van der Waals surface area (Å²) in [7, 11) is 5.41. The number of hydrogen-bond donors (Lipinski definition) is 1. The molecule has 1 atom stereocenters. The van der Waals surface area contributed by atoms with Crippen LogP contribution in [0.2, 0.25) is 0 Å². The molecule has 0 aliphatic carbocycles. The van der Waals surface area contributed by atoms with E-state index in [0.717, 1.165) is 17.0 Å². The van der Waals surface area contributed by atoms with Gasteiger partial charge in [-0.25, -0.2) is 4.39 Å². The average Bonchev–Trinajstić information content (AvgIpc) is 3.21. The van der Waals surface area contributed by atoms with Crippen LogP contribution in [0.3, 0.4) is 0 Å². The monoisotopic (exact) mass is 429 g/mol. The molecule has 1 unspecified atom stereocenters. The third kappa shape index (κ3) is 5.58. The first-order valence-electron chi connectivity index (χ1n) is 9.33. The van der Waals surface area contributed by atoms with Crippen molar-refractivity contribution < 1.29 is 13.9 Å². The number of thioether (sulfide) groups is 1. The van der Waals surface area contributed by atoms with E-state index >= 15 is 0 Å². The molecule has 0 saturated carbocycles. The van der Waals surface area contributed by atoms with Gasteiger partial charge in [-0.05, 0) is 56.1 Å². The molecule has 3 rings (SSSR count). The van der Waals surface area contributed by atoms with Gasteiger partial charge in [-0.3, -0.25) is 9.36 Å². The van der Waals surface area contributed by atoms with E-state index in [4.69, 9.17) is 4.74 Å². The van der Waals surface area contributed by atoms with E-state index in [1.165, 1.54) is 23.9 Å². The topological polar surface area (TPSA) is 72.3 Å². The molecule has 0 saturated heterocycles. The van der Waals surface area contributed by atoms with Gasteiger partial charge in [-0.1, -0.05) is 23.9 Å². The molecule has 0 fully saturated rings. The van der Waals surface area contributed by atoms with Gasteiger partial charge in [0.15, 0.2) is 5.16 Å². The highest BCUT2D eigenvalue weighted by Crippen LogP contribution is 2.22. The average molecular weight is 430 g/mol. The van der Waals surface area contributed by atoms with Gasteiger partial charge in [0.25, 0.3) is 0 Å². The summed E-state index contributed by atoms with van der Waals surface area (Å²) in [5, 5.41) is 11.6. The molecule has 158 valence electrons. The highest BCUT2D eigenvalue weighted by Gasteiger charge is 2.17.